The molecule has 1 aromatic carbocycles. The van der Waals surface area contributed by atoms with Gasteiger partial charge in [-0.05, 0) is 36.4 Å². The van der Waals surface area contributed by atoms with Crippen molar-refractivity contribution in [3.8, 4) is 5.69 Å². The number of nitrogens with one attached hydrogen (secondary N) is 1. The summed E-state index contributed by atoms with van der Waals surface area (Å²) < 4.78 is 16.1. The number of rotatable bonds is 5. The monoisotopic (exact) mass is 313 g/mol. The van der Waals surface area contributed by atoms with E-state index in [-0.39, 0.29) is 11.7 Å². The van der Waals surface area contributed by atoms with Gasteiger partial charge in [-0.2, -0.15) is 10.2 Å². The minimum Gasteiger partial charge on any atom is -0.350 e. The van der Waals surface area contributed by atoms with Crippen LogP contribution in [0.2, 0.25) is 0 Å². The molecule has 0 bridgehead atoms. The molecule has 0 aliphatic heterocycles. The van der Waals surface area contributed by atoms with E-state index in [4.69, 9.17) is 0 Å². The van der Waals surface area contributed by atoms with E-state index in [9.17, 15) is 9.18 Å². The number of halogens is 1. The Balaban J connectivity index is 1.56. The molecule has 2 heterocycles. The van der Waals surface area contributed by atoms with Crippen LogP contribution < -0.4 is 5.32 Å². The summed E-state index contributed by atoms with van der Waals surface area (Å²) in [6.45, 7) is 0.477. The van der Waals surface area contributed by atoms with E-state index >= 15 is 0 Å². The normalized spacial score (nSPS) is 10.7. The Labute approximate surface area is 132 Å². The first-order chi connectivity index (χ1) is 11.1. The maximum absolute atomic E-state index is 12.9. The topological polar surface area (TPSA) is 64.7 Å². The molecule has 23 heavy (non-hydrogen) atoms. The molecule has 1 amide bonds. The summed E-state index contributed by atoms with van der Waals surface area (Å²) in [6.07, 6.45) is 4.00. The van der Waals surface area contributed by atoms with Crippen LogP contribution in [0, 0.1) is 5.82 Å². The number of hydrogen-bond acceptors (Lipinski definition) is 3. The van der Waals surface area contributed by atoms with Crippen molar-refractivity contribution in [2.24, 2.45) is 7.05 Å². The number of hydrogen-bond donors (Lipinski definition) is 1. The summed E-state index contributed by atoms with van der Waals surface area (Å²) in [5, 5.41) is 11.2. The van der Waals surface area contributed by atoms with Crippen LogP contribution in [0.4, 0.5) is 4.39 Å². The fourth-order valence-corrected chi connectivity index (χ4v) is 2.22. The molecule has 0 aliphatic rings. The van der Waals surface area contributed by atoms with Gasteiger partial charge in [0.2, 0.25) is 0 Å². The summed E-state index contributed by atoms with van der Waals surface area (Å²) in [7, 11) is 1.72. The Hall–Kier alpha value is -2.96. The van der Waals surface area contributed by atoms with Gasteiger partial charge in [-0.15, -0.1) is 0 Å². The Morgan fingerprint density at radius 1 is 1.22 bits per heavy atom. The first-order valence-electron chi connectivity index (χ1n) is 7.20. The minimum atomic E-state index is -0.279. The first-order valence-corrected chi connectivity index (χ1v) is 7.20. The fraction of sp³-hybridized carbons (Fsp3) is 0.188. The van der Waals surface area contributed by atoms with Crippen molar-refractivity contribution in [1.82, 2.24) is 24.9 Å². The van der Waals surface area contributed by atoms with Crippen LogP contribution in [-0.2, 0) is 13.5 Å². The van der Waals surface area contributed by atoms with Crippen LogP contribution in [0.1, 0.15) is 16.2 Å². The highest BCUT2D eigenvalue weighted by molar-refractivity contribution is 5.92. The molecule has 3 rings (SSSR count). The molecule has 3 aromatic rings. The number of nitrogens with zero attached hydrogens (tertiary/aromatic N) is 4. The van der Waals surface area contributed by atoms with Gasteiger partial charge in [-0.3, -0.25) is 9.48 Å². The van der Waals surface area contributed by atoms with E-state index in [1.807, 2.05) is 12.3 Å². The zero-order valence-electron chi connectivity index (χ0n) is 12.6. The van der Waals surface area contributed by atoms with Gasteiger partial charge in [-0.1, -0.05) is 0 Å². The van der Waals surface area contributed by atoms with Gasteiger partial charge in [0.25, 0.3) is 5.91 Å². The van der Waals surface area contributed by atoms with Crippen molar-refractivity contribution in [3.05, 3.63) is 66.0 Å². The van der Waals surface area contributed by atoms with Crippen molar-refractivity contribution < 1.29 is 9.18 Å². The maximum Gasteiger partial charge on any atom is 0.269 e. The molecule has 118 valence electrons. The second-order valence-electron chi connectivity index (χ2n) is 5.07. The van der Waals surface area contributed by atoms with Gasteiger partial charge in [-0.25, -0.2) is 9.07 Å². The Bertz CT molecular complexity index is 806. The van der Waals surface area contributed by atoms with E-state index in [2.05, 4.69) is 15.5 Å². The van der Waals surface area contributed by atoms with Crippen LogP contribution in [0.15, 0.2) is 48.8 Å². The highest BCUT2D eigenvalue weighted by Crippen LogP contribution is 2.09. The van der Waals surface area contributed by atoms with Crippen molar-refractivity contribution in [2.45, 2.75) is 6.42 Å². The number of aryl methyl sites for hydroxylation is 1. The predicted octanol–water partition coefficient (Wildman–Crippen LogP) is 1.72. The van der Waals surface area contributed by atoms with Crippen LogP contribution in [0.3, 0.4) is 0 Å². The van der Waals surface area contributed by atoms with Gasteiger partial charge in [0.15, 0.2) is 0 Å². The Morgan fingerprint density at radius 3 is 2.70 bits per heavy atom. The molecule has 0 spiro atoms. The molecular weight excluding hydrogens is 297 g/mol. The third kappa shape index (κ3) is 3.45. The lowest BCUT2D eigenvalue weighted by Gasteiger charge is -2.04. The second-order valence-corrected chi connectivity index (χ2v) is 5.07. The molecule has 1 N–H and O–H groups in total. The average molecular weight is 313 g/mol. The van der Waals surface area contributed by atoms with Crippen molar-refractivity contribution in [3.63, 3.8) is 0 Å². The van der Waals surface area contributed by atoms with Gasteiger partial charge in [0.1, 0.15) is 11.5 Å². The molecule has 0 saturated carbocycles. The summed E-state index contributed by atoms with van der Waals surface area (Å²) in [4.78, 5) is 11.9. The van der Waals surface area contributed by atoms with E-state index in [1.54, 1.807) is 36.1 Å². The quantitative estimate of drug-likeness (QED) is 0.780. The smallest absolute Gasteiger partial charge is 0.269 e. The molecule has 2 aromatic heterocycles. The third-order valence-electron chi connectivity index (χ3n) is 3.46. The predicted molar refractivity (Wildman–Crippen MR) is 82.8 cm³/mol. The fourth-order valence-electron chi connectivity index (χ4n) is 2.22. The maximum atomic E-state index is 12.9. The van der Waals surface area contributed by atoms with Crippen LogP contribution in [0.25, 0.3) is 5.69 Å². The van der Waals surface area contributed by atoms with Crippen molar-refractivity contribution in [1.29, 1.82) is 0 Å². The van der Waals surface area contributed by atoms with Crippen LogP contribution in [-0.4, -0.2) is 32.0 Å². The summed E-state index contributed by atoms with van der Waals surface area (Å²) in [5.74, 6) is -0.443. The van der Waals surface area contributed by atoms with Crippen LogP contribution >= 0.6 is 0 Å². The molecular formula is C16H16FN5O. The molecule has 0 saturated heterocycles. The zero-order chi connectivity index (χ0) is 16.2. The minimum absolute atomic E-state index is 0.164. The largest absolute Gasteiger partial charge is 0.350 e. The highest BCUT2D eigenvalue weighted by atomic mass is 19.1. The first kappa shape index (κ1) is 15.0. The highest BCUT2D eigenvalue weighted by Gasteiger charge is 2.09. The number of carbonyl (C=O) groups excluding carboxylic acids is 1. The molecule has 0 unspecified atom stereocenters. The van der Waals surface area contributed by atoms with Gasteiger partial charge >= 0.3 is 0 Å². The summed E-state index contributed by atoms with van der Waals surface area (Å²) >= 11 is 0. The molecule has 0 atom stereocenters. The number of carbonyl (C=O) groups is 1. The lowest BCUT2D eigenvalue weighted by molar-refractivity contribution is 0.0944. The SMILES string of the molecule is Cn1nccc1C(=O)NCCc1ccn(-c2ccc(F)cc2)n1. The standard InChI is InChI=1S/C16H16FN5O/c1-21-15(7-10-19-21)16(23)18-9-6-13-8-11-22(20-13)14-4-2-12(17)3-5-14/h2-5,7-8,10-11H,6,9H2,1H3,(H,18,23). The molecule has 0 fully saturated rings. The van der Waals surface area contributed by atoms with E-state index in [1.165, 1.54) is 16.8 Å². The Kier molecular flexibility index (Phi) is 4.18. The summed E-state index contributed by atoms with van der Waals surface area (Å²) in [6, 6.07) is 9.65. The van der Waals surface area contributed by atoms with E-state index in [0.717, 1.165) is 11.4 Å². The number of amides is 1. The molecule has 0 aliphatic carbocycles. The van der Waals surface area contributed by atoms with Crippen molar-refractivity contribution >= 4 is 5.91 Å². The van der Waals surface area contributed by atoms with Gasteiger partial charge in [0, 0.05) is 32.4 Å². The molecule has 6 nitrogen and oxygen atoms in total. The molecule has 7 heteroatoms. The lowest BCUT2D eigenvalue weighted by atomic mass is 10.3. The Morgan fingerprint density at radius 2 is 2.00 bits per heavy atom. The van der Waals surface area contributed by atoms with Crippen molar-refractivity contribution in [2.75, 3.05) is 6.54 Å². The van der Waals surface area contributed by atoms with Gasteiger partial charge in [0.05, 0.1) is 11.4 Å². The molecule has 0 radical (unpaired) electrons. The number of benzene rings is 1. The van der Waals surface area contributed by atoms with E-state index < -0.39 is 0 Å². The zero-order valence-corrected chi connectivity index (χ0v) is 12.6. The third-order valence-corrected chi connectivity index (χ3v) is 3.46. The van der Waals surface area contributed by atoms with E-state index in [0.29, 0.717) is 18.7 Å². The summed E-state index contributed by atoms with van der Waals surface area (Å²) in [5.41, 5.74) is 2.15. The number of aromatic nitrogens is 4. The van der Waals surface area contributed by atoms with Crippen LogP contribution in [0.5, 0.6) is 0 Å². The van der Waals surface area contributed by atoms with Gasteiger partial charge < -0.3 is 5.32 Å². The second kappa shape index (κ2) is 6.43. The lowest BCUT2D eigenvalue weighted by Crippen LogP contribution is -2.27. The average Bonchev–Trinajstić information content (AvgIpc) is 3.17.